The van der Waals surface area contributed by atoms with Crippen LogP contribution < -0.4 is 5.32 Å². The summed E-state index contributed by atoms with van der Waals surface area (Å²) in [4.78, 5) is 15.3. The number of alkyl halides is 3. The Morgan fingerprint density at radius 3 is 2.26 bits per heavy atom. The van der Waals surface area contributed by atoms with Crippen molar-refractivity contribution in [1.29, 1.82) is 0 Å². The van der Waals surface area contributed by atoms with E-state index < -0.39 is 23.8 Å². The summed E-state index contributed by atoms with van der Waals surface area (Å²) in [7, 11) is 1.67. The van der Waals surface area contributed by atoms with E-state index in [2.05, 4.69) is 20.4 Å². The van der Waals surface area contributed by atoms with Crippen molar-refractivity contribution >= 4 is 17.1 Å². The molecule has 0 saturated carbocycles. The molecule has 0 spiro atoms. The molecule has 0 fully saturated rings. The van der Waals surface area contributed by atoms with Gasteiger partial charge in [-0.05, 0) is 54.3 Å². The van der Waals surface area contributed by atoms with E-state index in [0.717, 1.165) is 35.7 Å². The maximum absolute atomic E-state index is 15.1. The van der Waals surface area contributed by atoms with Gasteiger partial charge in [0.2, 0.25) is 0 Å². The Morgan fingerprint density at radius 2 is 1.62 bits per heavy atom. The first-order chi connectivity index (χ1) is 18.6. The van der Waals surface area contributed by atoms with Crippen molar-refractivity contribution < 1.29 is 31.6 Å². The Bertz CT molecular complexity index is 1480. The summed E-state index contributed by atoms with van der Waals surface area (Å²) in [5.41, 5.74) is 3.44. The second kappa shape index (κ2) is 10.7. The van der Waals surface area contributed by atoms with Crippen LogP contribution in [0, 0.1) is 11.6 Å². The number of nitrogens with one attached hydrogen (secondary N) is 1. The largest absolute Gasteiger partial charge is 0.492 e. The van der Waals surface area contributed by atoms with Gasteiger partial charge in [0, 0.05) is 31.3 Å². The number of nitrogens with zero attached hydrogens (tertiary/aromatic N) is 4. The summed E-state index contributed by atoms with van der Waals surface area (Å²) in [6.07, 6.45) is -0.546. The van der Waals surface area contributed by atoms with Crippen LogP contribution in [-0.2, 0) is 16.7 Å². The van der Waals surface area contributed by atoms with E-state index in [9.17, 15) is 18.0 Å². The fourth-order valence-electron chi connectivity index (χ4n) is 4.66. The predicted molar refractivity (Wildman–Crippen MR) is 134 cm³/mol. The number of benzene rings is 2. The summed E-state index contributed by atoms with van der Waals surface area (Å²) in [6, 6.07) is 9.47. The number of hydrogen-bond acceptors (Lipinski definition) is 6. The highest BCUT2D eigenvalue weighted by atomic mass is 19.4. The zero-order valence-electron chi connectivity index (χ0n) is 20.9. The van der Waals surface area contributed by atoms with Gasteiger partial charge < -0.3 is 14.7 Å². The zero-order valence-corrected chi connectivity index (χ0v) is 20.9. The molecule has 0 amide bonds. The van der Waals surface area contributed by atoms with Crippen LogP contribution in [0.3, 0.4) is 0 Å². The molecule has 3 aromatic rings. The molecule has 3 heterocycles. The highest BCUT2D eigenvalue weighted by Crippen LogP contribution is 2.31. The topological polar surface area (TPSA) is 72.3 Å². The van der Waals surface area contributed by atoms with Gasteiger partial charge in [-0.2, -0.15) is 13.2 Å². The molecule has 204 valence electrons. The lowest BCUT2D eigenvalue weighted by Crippen LogP contribution is -2.37. The van der Waals surface area contributed by atoms with Crippen molar-refractivity contribution in [3.05, 3.63) is 71.3 Å². The lowest BCUT2D eigenvalue weighted by Gasteiger charge is -2.25. The minimum absolute atomic E-state index is 0.0139. The molecule has 7 nitrogen and oxygen atoms in total. The van der Waals surface area contributed by atoms with E-state index in [1.165, 1.54) is 18.2 Å². The second-order valence-electron chi connectivity index (χ2n) is 9.22. The Labute approximate surface area is 220 Å². The standard InChI is InChI=1S/C27H24F5N5O2/c1-36-24(34-35-25(36)21-5-2-18(14-23(21)29)16-6-10-33-11-7-16)19-3-4-20(22(28)15-19)17-8-12-37(13-9-17)39-26(38)27(30,31)32/h2-6,8,14-15,33H,7,9-13H2,1H3. The van der Waals surface area contributed by atoms with Gasteiger partial charge in [-0.3, -0.25) is 0 Å². The third-order valence-electron chi connectivity index (χ3n) is 6.71. The summed E-state index contributed by atoms with van der Waals surface area (Å²) in [5, 5.41) is 12.4. The molecular weight excluding hydrogens is 521 g/mol. The molecule has 0 atom stereocenters. The number of aromatic nitrogens is 3. The smallest absolute Gasteiger partial charge is 0.360 e. The number of hydrogen-bond donors (Lipinski definition) is 1. The molecule has 0 saturated heterocycles. The number of carbonyl (C=O) groups is 1. The highest BCUT2D eigenvalue weighted by molar-refractivity contribution is 5.76. The number of carbonyl (C=O) groups excluding carboxylic acids is 1. The van der Waals surface area contributed by atoms with Gasteiger partial charge in [-0.15, -0.1) is 15.3 Å². The lowest BCUT2D eigenvalue weighted by atomic mass is 9.98. The Kier molecular flexibility index (Phi) is 7.32. The first-order valence-electron chi connectivity index (χ1n) is 12.2. The van der Waals surface area contributed by atoms with E-state index in [1.807, 2.05) is 12.1 Å². The monoisotopic (exact) mass is 545 g/mol. The average molecular weight is 546 g/mol. The molecule has 2 aromatic carbocycles. The molecule has 0 bridgehead atoms. The third-order valence-corrected chi connectivity index (χ3v) is 6.71. The van der Waals surface area contributed by atoms with Crippen LogP contribution in [0.15, 0.2) is 48.6 Å². The van der Waals surface area contributed by atoms with Gasteiger partial charge >= 0.3 is 12.1 Å². The molecule has 0 aliphatic carbocycles. The van der Waals surface area contributed by atoms with Crippen LogP contribution >= 0.6 is 0 Å². The Hall–Kier alpha value is -3.90. The van der Waals surface area contributed by atoms with Crippen molar-refractivity contribution in [2.45, 2.75) is 19.0 Å². The van der Waals surface area contributed by atoms with E-state index in [4.69, 9.17) is 0 Å². The quantitative estimate of drug-likeness (QED) is 0.460. The minimum Gasteiger partial charge on any atom is -0.360 e. The highest BCUT2D eigenvalue weighted by Gasteiger charge is 2.42. The summed E-state index contributed by atoms with van der Waals surface area (Å²) < 4.78 is 69.0. The second-order valence-corrected chi connectivity index (χ2v) is 9.22. The molecule has 2 aliphatic heterocycles. The summed E-state index contributed by atoms with van der Waals surface area (Å²) in [6.45, 7) is 1.46. The Morgan fingerprint density at radius 1 is 0.923 bits per heavy atom. The van der Waals surface area contributed by atoms with E-state index in [0.29, 0.717) is 22.8 Å². The number of hydroxylamine groups is 2. The molecular formula is C27H24F5N5O2. The first kappa shape index (κ1) is 26.7. The lowest BCUT2D eigenvalue weighted by molar-refractivity contribution is -0.237. The van der Waals surface area contributed by atoms with Crippen LogP contribution in [0.25, 0.3) is 33.9 Å². The van der Waals surface area contributed by atoms with Crippen molar-refractivity contribution in [3.63, 3.8) is 0 Å². The van der Waals surface area contributed by atoms with Gasteiger partial charge in [0.25, 0.3) is 0 Å². The van der Waals surface area contributed by atoms with Crippen LogP contribution in [-0.4, -0.2) is 58.2 Å². The minimum atomic E-state index is -5.09. The molecule has 0 radical (unpaired) electrons. The third kappa shape index (κ3) is 5.62. The molecule has 2 aliphatic rings. The SMILES string of the molecule is Cn1c(-c2ccc(C3=CCN(OC(=O)C(F)(F)F)CC3)c(F)c2)nnc1-c1ccc(C2=CCNCC2)cc1F. The fourth-order valence-corrected chi connectivity index (χ4v) is 4.66. The molecule has 1 aromatic heterocycles. The van der Waals surface area contributed by atoms with Gasteiger partial charge in [0.05, 0.1) is 12.1 Å². The summed E-state index contributed by atoms with van der Waals surface area (Å²) >= 11 is 0. The van der Waals surface area contributed by atoms with Gasteiger partial charge in [-0.1, -0.05) is 30.4 Å². The molecule has 1 N–H and O–H groups in total. The normalized spacial score (nSPS) is 16.6. The first-order valence-corrected chi connectivity index (χ1v) is 12.2. The van der Waals surface area contributed by atoms with E-state index in [1.54, 1.807) is 29.8 Å². The molecule has 0 unspecified atom stereocenters. The number of halogens is 5. The average Bonchev–Trinajstić information content (AvgIpc) is 3.30. The van der Waals surface area contributed by atoms with Crippen molar-refractivity contribution in [2.75, 3.05) is 26.2 Å². The van der Waals surface area contributed by atoms with Gasteiger partial charge in [0.15, 0.2) is 11.6 Å². The van der Waals surface area contributed by atoms with Gasteiger partial charge in [-0.25, -0.2) is 13.6 Å². The van der Waals surface area contributed by atoms with Crippen molar-refractivity contribution in [1.82, 2.24) is 25.1 Å². The number of rotatable bonds is 5. The predicted octanol–water partition coefficient (Wildman–Crippen LogP) is 4.91. The summed E-state index contributed by atoms with van der Waals surface area (Å²) in [5.74, 6) is -2.67. The van der Waals surface area contributed by atoms with Crippen LogP contribution in [0.4, 0.5) is 22.0 Å². The fraction of sp³-hybridized carbons (Fsp3) is 0.296. The van der Waals surface area contributed by atoms with Crippen LogP contribution in [0.5, 0.6) is 0 Å². The maximum Gasteiger partial charge on any atom is 0.492 e. The van der Waals surface area contributed by atoms with E-state index >= 15 is 8.78 Å². The van der Waals surface area contributed by atoms with Crippen LogP contribution in [0.1, 0.15) is 24.0 Å². The molecule has 5 rings (SSSR count). The molecule has 12 heteroatoms. The zero-order chi connectivity index (χ0) is 27.7. The molecule has 39 heavy (non-hydrogen) atoms. The van der Waals surface area contributed by atoms with Crippen LogP contribution in [0.2, 0.25) is 0 Å². The van der Waals surface area contributed by atoms with Gasteiger partial charge in [0.1, 0.15) is 11.6 Å². The van der Waals surface area contributed by atoms with Crippen molar-refractivity contribution in [3.8, 4) is 22.8 Å². The van der Waals surface area contributed by atoms with E-state index in [-0.39, 0.29) is 30.6 Å². The maximum atomic E-state index is 15.1. The Balaban J connectivity index is 1.33. The van der Waals surface area contributed by atoms with Crippen molar-refractivity contribution in [2.24, 2.45) is 7.05 Å².